The Balaban J connectivity index is 2.96. The Kier molecular flexibility index (Phi) is 4.73. The highest BCUT2D eigenvalue weighted by atomic mass is 35.5. The van der Waals surface area contributed by atoms with Crippen LogP contribution in [0.3, 0.4) is 0 Å². The molecule has 14 heavy (non-hydrogen) atoms. The van der Waals surface area contributed by atoms with Crippen LogP contribution in [-0.4, -0.2) is 6.21 Å². The maximum absolute atomic E-state index is 5.93. The van der Waals surface area contributed by atoms with E-state index in [9.17, 15) is 0 Å². The predicted molar refractivity (Wildman–Crippen MR) is 64.5 cm³/mol. The third-order valence-electron chi connectivity index (χ3n) is 1.62. The van der Waals surface area contributed by atoms with Crippen LogP contribution in [0.25, 0.3) is 0 Å². The first-order valence-electron chi connectivity index (χ1n) is 4.32. The number of aliphatic imine (C=N–C) groups is 1. The molecule has 0 amide bonds. The van der Waals surface area contributed by atoms with Crippen molar-refractivity contribution in [2.75, 3.05) is 0 Å². The number of halogens is 3. The minimum Gasteiger partial charge on any atom is -0.258 e. The predicted octanol–water partition coefficient (Wildman–Crippen LogP) is 5.15. The lowest BCUT2D eigenvalue weighted by molar-refractivity contribution is 1.01. The van der Waals surface area contributed by atoms with Crippen LogP contribution in [-0.2, 0) is 0 Å². The van der Waals surface area contributed by atoms with Crippen molar-refractivity contribution in [3.05, 3.63) is 27.2 Å². The molecular weight excluding hydrogens is 240 g/mol. The van der Waals surface area contributed by atoms with E-state index in [-0.39, 0.29) is 0 Å². The number of hydrogen-bond acceptors (Lipinski definition) is 1. The van der Waals surface area contributed by atoms with Gasteiger partial charge in [-0.3, -0.25) is 4.99 Å². The SMILES string of the molecule is CCCC=Nc1c(Cl)cc(Cl)cc1Cl. The molecule has 76 valence electrons. The fourth-order valence-electron chi connectivity index (χ4n) is 0.943. The first-order chi connectivity index (χ1) is 6.65. The maximum Gasteiger partial charge on any atom is 0.0998 e. The van der Waals surface area contributed by atoms with Crippen LogP contribution in [0, 0.1) is 0 Å². The minimum atomic E-state index is 0.481. The van der Waals surface area contributed by atoms with Gasteiger partial charge in [0, 0.05) is 11.2 Å². The molecule has 0 aromatic heterocycles. The highest BCUT2D eigenvalue weighted by molar-refractivity contribution is 6.41. The zero-order chi connectivity index (χ0) is 10.6. The molecular formula is C10H10Cl3N. The third kappa shape index (κ3) is 3.16. The average Bonchev–Trinajstić information content (AvgIpc) is 2.09. The van der Waals surface area contributed by atoms with E-state index in [2.05, 4.69) is 11.9 Å². The van der Waals surface area contributed by atoms with Crippen LogP contribution >= 0.6 is 34.8 Å². The number of benzene rings is 1. The molecule has 0 N–H and O–H groups in total. The van der Waals surface area contributed by atoms with Crippen molar-refractivity contribution in [2.45, 2.75) is 19.8 Å². The van der Waals surface area contributed by atoms with Gasteiger partial charge in [0.05, 0.1) is 15.7 Å². The molecule has 0 radical (unpaired) electrons. The van der Waals surface area contributed by atoms with Crippen LogP contribution in [0.5, 0.6) is 0 Å². The van der Waals surface area contributed by atoms with Crippen LogP contribution in [0.15, 0.2) is 17.1 Å². The second kappa shape index (κ2) is 5.59. The Morgan fingerprint density at radius 1 is 1.21 bits per heavy atom. The minimum absolute atomic E-state index is 0.481. The van der Waals surface area contributed by atoms with E-state index in [1.807, 2.05) is 0 Å². The third-order valence-corrected chi connectivity index (χ3v) is 2.41. The summed E-state index contributed by atoms with van der Waals surface area (Å²) in [6, 6.07) is 3.27. The van der Waals surface area contributed by atoms with Crippen molar-refractivity contribution in [3.8, 4) is 0 Å². The molecule has 0 bridgehead atoms. The van der Waals surface area contributed by atoms with Gasteiger partial charge in [0.1, 0.15) is 0 Å². The highest BCUT2D eigenvalue weighted by Gasteiger charge is 2.05. The van der Waals surface area contributed by atoms with Crippen molar-refractivity contribution in [1.82, 2.24) is 0 Å². The fraction of sp³-hybridized carbons (Fsp3) is 0.300. The number of nitrogens with zero attached hydrogens (tertiary/aromatic N) is 1. The first kappa shape index (κ1) is 11.8. The normalized spacial score (nSPS) is 11.1. The molecule has 0 atom stereocenters. The van der Waals surface area contributed by atoms with E-state index >= 15 is 0 Å². The van der Waals surface area contributed by atoms with E-state index in [1.54, 1.807) is 18.3 Å². The summed E-state index contributed by atoms with van der Waals surface area (Å²) in [4.78, 5) is 4.19. The summed E-state index contributed by atoms with van der Waals surface area (Å²) >= 11 is 17.6. The number of rotatable bonds is 3. The van der Waals surface area contributed by atoms with Gasteiger partial charge in [0.25, 0.3) is 0 Å². The molecule has 0 spiro atoms. The Hall–Kier alpha value is -0.240. The Morgan fingerprint density at radius 2 is 1.79 bits per heavy atom. The van der Waals surface area contributed by atoms with E-state index in [0.29, 0.717) is 20.8 Å². The van der Waals surface area contributed by atoms with Gasteiger partial charge in [0.15, 0.2) is 0 Å². The van der Waals surface area contributed by atoms with E-state index in [1.165, 1.54) is 0 Å². The highest BCUT2D eigenvalue weighted by Crippen LogP contribution is 2.35. The van der Waals surface area contributed by atoms with Crippen molar-refractivity contribution >= 4 is 46.7 Å². The Bertz CT molecular complexity index is 324. The Morgan fingerprint density at radius 3 is 2.29 bits per heavy atom. The van der Waals surface area contributed by atoms with Crippen molar-refractivity contribution in [3.63, 3.8) is 0 Å². The van der Waals surface area contributed by atoms with Gasteiger partial charge in [0.2, 0.25) is 0 Å². The van der Waals surface area contributed by atoms with Gasteiger partial charge in [-0.2, -0.15) is 0 Å². The lowest BCUT2D eigenvalue weighted by Crippen LogP contribution is -1.76. The average molecular weight is 251 g/mol. The fourth-order valence-corrected chi connectivity index (χ4v) is 1.86. The van der Waals surface area contributed by atoms with Crippen molar-refractivity contribution < 1.29 is 0 Å². The molecule has 0 unspecified atom stereocenters. The summed E-state index contributed by atoms with van der Waals surface area (Å²) in [6.07, 6.45) is 3.77. The van der Waals surface area contributed by atoms with Gasteiger partial charge in [-0.25, -0.2) is 0 Å². The number of hydrogen-bond donors (Lipinski definition) is 0. The van der Waals surface area contributed by atoms with Gasteiger partial charge >= 0.3 is 0 Å². The summed E-state index contributed by atoms with van der Waals surface area (Å²) in [6.45, 7) is 2.08. The van der Waals surface area contributed by atoms with Crippen molar-refractivity contribution in [1.29, 1.82) is 0 Å². The standard InChI is InChI=1S/C10H10Cl3N/c1-2-3-4-14-10-8(12)5-7(11)6-9(10)13/h4-6H,2-3H2,1H3. The van der Waals surface area contributed by atoms with Crippen molar-refractivity contribution in [2.24, 2.45) is 4.99 Å². The second-order valence-electron chi connectivity index (χ2n) is 2.82. The topological polar surface area (TPSA) is 12.4 Å². The molecule has 1 nitrogen and oxygen atoms in total. The molecule has 0 fully saturated rings. The Labute approximate surface area is 98.7 Å². The van der Waals surface area contributed by atoms with Crippen LogP contribution < -0.4 is 0 Å². The van der Waals surface area contributed by atoms with Gasteiger partial charge in [-0.15, -0.1) is 0 Å². The zero-order valence-corrected chi connectivity index (χ0v) is 10.00. The van der Waals surface area contributed by atoms with Gasteiger partial charge < -0.3 is 0 Å². The molecule has 1 aromatic rings. The molecule has 0 aliphatic rings. The van der Waals surface area contributed by atoms with E-state index in [0.717, 1.165) is 12.8 Å². The van der Waals surface area contributed by atoms with Crippen LogP contribution in [0.1, 0.15) is 19.8 Å². The molecule has 0 aliphatic heterocycles. The molecule has 4 heteroatoms. The van der Waals surface area contributed by atoms with Crippen LogP contribution in [0.2, 0.25) is 15.1 Å². The summed E-state index contributed by atoms with van der Waals surface area (Å²) in [5.41, 5.74) is 0.589. The van der Waals surface area contributed by atoms with Gasteiger partial charge in [-0.05, 0) is 18.6 Å². The zero-order valence-electron chi connectivity index (χ0n) is 7.73. The number of unbranched alkanes of at least 4 members (excludes halogenated alkanes) is 1. The molecule has 1 aromatic carbocycles. The first-order valence-corrected chi connectivity index (χ1v) is 5.45. The lowest BCUT2D eigenvalue weighted by atomic mass is 10.3. The summed E-state index contributed by atoms with van der Waals surface area (Å²) < 4.78 is 0. The maximum atomic E-state index is 5.93. The smallest absolute Gasteiger partial charge is 0.0998 e. The molecule has 0 saturated carbocycles. The summed E-state index contributed by atoms with van der Waals surface area (Å²) in [5, 5.41) is 1.49. The lowest BCUT2D eigenvalue weighted by Gasteiger charge is -2.01. The molecule has 0 heterocycles. The van der Waals surface area contributed by atoms with E-state index in [4.69, 9.17) is 34.8 Å². The molecule has 0 aliphatic carbocycles. The molecule has 0 saturated heterocycles. The van der Waals surface area contributed by atoms with Crippen LogP contribution in [0.4, 0.5) is 5.69 Å². The quantitative estimate of drug-likeness (QED) is 0.658. The summed E-state index contributed by atoms with van der Waals surface area (Å²) in [5.74, 6) is 0. The van der Waals surface area contributed by atoms with E-state index < -0.39 is 0 Å². The largest absolute Gasteiger partial charge is 0.258 e. The molecule has 1 rings (SSSR count). The van der Waals surface area contributed by atoms with Gasteiger partial charge in [-0.1, -0.05) is 48.1 Å². The second-order valence-corrected chi connectivity index (χ2v) is 4.07. The summed E-state index contributed by atoms with van der Waals surface area (Å²) in [7, 11) is 0. The monoisotopic (exact) mass is 249 g/mol.